The smallest absolute Gasteiger partial charge is 0.337 e. The van der Waals surface area contributed by atoms with Crippen molar-refractivity contribution in [2.75, 3.05) is 11.9 Å². The minimum absolute atomic E-state index is 0.0516. The van der Waals surface area contributed by atoms with E-state index >= 15 is 0 Å². The van der Waals surface area contributed by atoms with Crippen molar-refractivity contribution < 1.29 is 14.6 Å². The van der Waals surface area contributed by atoms with Crippen LogP contribution in [0.15, 0.2) is 12.3 Å². The largest absolute Gasteiger partial charge is 0.478 e. The van der Waals surface area contributed by atoms with Crippen molar-refractivity contribution in [3.05, 3.63) is 22.8 Å². The molecule has 0 aliphatic carbocycles. The van der Waals surface area contributed by atoms with Crippen LogP contribution in [-0.2, 0) is 4.74 Å². The molecule has 1 aliphatic rings. The number of pyridine rings is 1. The first-order valence-electron chi connectivity index (χ1n) is 5.35. The number of halogens is 1. The molecule has 0 spiro atoms. The predicted octanol–water partition coefficient (Wildman–Crippen LogP) is 2.02. The van der Waals surface area contributed by atoms with Crippen LogP contribution >= 0.6 is 11.6 Å². The van der Waals surface area contributed by atoms with Crippen LogP contribution in [0.3, 0.4) is 0 Å². The summed E-state index contributed by atoms with van der Waals surface area (Å²) in [6, 6.07) is 1.60. The van der Waals surface area contributed by atoms with Crippen molar-refractivity contribution in [3.63, 3.8) is 0 Å². The van der Waals surface area contributed by atoms with Gasteiger partial charge in [-0.25, -0.2) is 9.78 Å². The zero-order chi connectivity index (χ0) is 12.4. The molecular formula is C11H13ClN2O3. The molecule has 0 amide bonds. The van der Waals surface area contributed by atoms with Crippen LogP contribution in [0.5, 0.6) is 0 Å². The van der Waals surface area contributed by atoms with Gasteiger partial charge in [0.05, 0.1) is 22.7 Å². The van der Waals surface area contributed by atoms with Gasteiger partial charge in [0.2, 0.25) is 0 Å². The van der Waals surface area contributed by atoms with Gasteiger partial charge in [0, 0.05) is 12.8 Å². The number of hydrogen-bond acceptors (Lipinski definition) is 4. The van der Waals surface area contributed by atoms with E-state index in [-0.39, 0.29) is 22.7 Å². The summed E-state index contributed by atoms with van der Waals surface area (Å²) in [4.78, 5) is 15.0. The molecule has 17 heavy (non-hydrogen) atoms. The van der Waals surface area contributed by atoms with Gasteiger partial charge < -0.3 is 15.2 Å². The Kier molecular flexibility index (Phi) is 3.49. The van der Waals surface area contributed by atoms with Crippen LogP contribution in [0.25, 0.3) is 0 Å². The van der Waals surface area contributed by atoms with Gasteiger partial charge in [-0.05, 0) is 19.4 Å². The maximum atomic E-state index is 10.9. The lowest BCUT2D eigenvalue weighted by atomic mass is 10.1. The molecule has 2 heterocycles. The van der Waals surface area contributed by atoms with E-state index in [0.29, 0.717) is 12.4 Å². The van der Waals surface area contributed by atoms with E-state index in [2.05, 4.69) is 10.3 Å². The molecule has 2 N–H and O–H groups in total. The summed E-state index contributed by atoms with van der Waals surface area (Å²) in [5.74, 6) is -0.551. The number of hydrogen-bond donors (Lipinski definition) is 2. The number of aromatic nitrogens is 1. The van der Waals surface area contributed by atoms with Crippen molar-refractivity contribution in [1.82, 2.24) is 4.98 Å². The fourth-order valence-electron chi connectivity index (χ4n) is 1.79. The molecule has 0 aromatic carbocycles. The molecule has 1 saturated heterocycles. The summed E-state index contributed by atoms with van der Waals surface area (Å²) in [7, 11) is 0. The molecule has 2 atom stereocenters. The Morgan fingerprint density at radius 1 is 1.71 bits per heavy atom. The highest BCUT2D eigenvalue weighted by molar-refractivity contribution is 6.33. The van der Waals surface area contributed by atoms with Crippen LogP contribution in [-0.4, -0.2) is 34.8 Å². The monoisotopic (exact) mass is 256 g/mol. The minimum atomic E-state index is -1.06. The van der Waals surface area contributed by atoms with Gasteiger partial charge in [-0.15, -0.1) is 0 Å². The highest BCUT2D eigenvalue weighted by Gasteiger charge is 2.24. The molecule has 1 aliphatic heterocycles. The quantitative estimate of drug-likeness (QED) is 0.866. The maximum absolute atomic E-state index is 10.9. The van der Waals surface area contributed by atoms with Crippen LogP contribution in [0, 0.1) is 0 Å². The molecular weight excluding hydrogens is 244 g/mol. The normalized spacial score (nSPS) is 23.6. The standard InChI is InChI=1S/C11H13ClN2O3/c1-6-9(2-3-17-6)14-10-4-7(11(15)16)8(12)5-13-10/h4-6,9H,2-3H2,1H3,(H,13,14)(H,15,16). The lowest BCUT2D eigenvalue weighted by Gasteiger charge is -2.16. The van der Waals surface area contributed by atoms with Gasteiger partial charge >= 0.3 is 5.97 Å². The minimum Gasteiger partial charge on any atom is -0.478 e. The summed E-state index contributed by atoms with van der Waals surface area (Å²) < 4.78 is 5.41. The Bertz CT molecular complexity index is 439. The van der Waals surface area contributed by atoms with Crippen LogP contribution < -0.4 is 5.32 Å². The summed E-state index contributed by atoms with van der Waals surface area (Å²) >= 11 is 5.74. The second kappa shape index (κ2) is 4.89. The zero-order valence-corrected chi connectivity index (χ0v) is 10.1. The number of nitrogens with one attached hydrogen (secondary N) is 1. The first kappa shape index (κ1) is 12.1. The second-order valence-electron chi connectivity index (χ2n) is 3.97. The molecule has 2 unspecified atom stereocenters. The molecule has 1 aromatic rings. The van der Waals surface area contributed by atoms with E-state index in [4.69, 9.17) is 21.4 Å². The van der Waals surface area contributed by atoms with Gasteiger partial charge in [-0.1, -0.05) is 11.6 Å². The van der Waals surface area contributed by atoms with Gasteiger partial charge in [-0.2, -0.15) is 0 Å². The third-order valence-electron chi connectivity index (χ3n) is 2.80. The van der Waals surface area contributed by atoms with E-state index in [1.807, 2.05) is 6.92 Å². The number of carboxylic acids is 1. The molecule has 0 saturated carbocycles. The highest BCUT2D eigenvalue weighted by Crippen LogP contribution is 2.21. The van der Waals surface area contributed by atoms with Gasteiger partial charge in [-0.3, -0.25) is 0 Å². The number of ether oxygens (including phenoxy) is 1. The number of aromatic carboxylic acids is 1. The molecule has 1 aromatic heterocycles. The molecule has 92 valence electrons. The van der Waals surface area contributed by atoms with Crippen molar-refractivity contribution in [2.24, 2.45) is 0 Å². The Labute approximate surface area is 104 Å². The zero-order valence-electron chi connectivity index (χ0n) is 9.31. The van der Waals surface area contributed by atoms with E-state index in [1.54, 1.807) is 0 Å². The SMILES string of the molecule is CC1OCCC1Nc1cc(C(=O)O)c(Cl)cn1. The number of carbonyl (C=O) groups is 1. The topological polar surface area (TPSA) is 71.5 Å². The van der Waals surface area contributed by atoms with Crippen molar-refractivity contribution in [2.45, 2.75) is 25.5 Å². The Hall–Kier alpha value is -1.33. The highest BCUT2D eigenvalue weighted by atomic mass is 35.5. The first-order chi connectivity index (χ1) is 8.08. The average molecular weight is 257 g/mol. The van der Waals surface area contributed by atoms with Crippen molar-refractivity contribution in [3.8, 4) is 0 Å². The third-order valence-corrected chi connectivity index (χ3v) is 3.10. The summed E-state index contributed by atoms with van der Waals surface area (Å²) in [6.45, 7) is 2.68. The Morgan fingerprint density at radius 2 is 2.47 bits per heavy atom. The number of carboxylic acid groups (broad SMARTS) is 1. The fraction of sp³-hybridized carbons (Fsp3) is 0.455. The summed E-state index contributed by atoms with van der Waals surface area (Å²) in [5, 5.41) is 12.2. The predicted molar refractivity (Wildman–Crippen MR) is 63.6 cm³/mol. The van der Waals surface area contributed by atoms with E-state index in [9.17, 15) is 4.79 Å². The van der Waals surface area contributed by atoms with E-state index in [1.165, 1.54) is 12.3 Å². The lowest BCUT2D eigenvalue weighted by Crippen LogP contribution is -2.27. The Morgan fingerprint density at radius 3 is 3.06 bits per heavy atom. The second-order valence-corrected chi connectivity index (χ2v) is 4.38. The maximum Gasteiger partial charge on any atom is 0.337 e. The molecule has 6 heteroatoms. The summed E-state index contributed by atoms with van der Waals surface area (Å²) in [6.07, 6.45) is 2.32. The van der Waals surface area contributed by atoms with Gasteiger partial charge in [0.25, 0.3) is 0 Å². The first-order valence-corrected chi connectivity index (χ1v) is 5.72. The van der Waals surface area contributed by atoms with Crippen LogP contribution in [0.2, 0.25) is 5.02 Å². The van der Waals surface area contributed by atoms with Crippen molar-refractivity contribution >= 4 is 23.4 Å². The van der Waals surface area contributed by atoms with E-state index in [0.717, 1.165) is 6.42 Å². The number of nitrogens with zero attached hydrogens (tertiary/aromatic N) is 1. The van der Waals surface area contributed by atoms with Gasteiger partial charge in [0.15, 0.2) is 0 Å². The number of rotatable bonds is 3. The van der Waals surface area contributed by atoms with Crippen molar-refractivity contribution in [1.29, 1.82) is 0 Å². The molecule has 2 rings (SSSR count). The van der Waals surface area contributed by atoms with Gasteiger partial charge in [0.1, 0.15) is 5.82 Å². The number of anilines is 1. The molecule has 5 nitrogen and oxygen atoms in total. The van der Waals surface area contributed by atoms with Crippen LogP contribution in [0.1, 0.15) is 23.7 Å². The molecule has 0 radical (unpaired) electrons. The lowest BCUT2D eigenvalue weighted by molar-refractivity contribution is 0.0697. The Balaban J connectivity index is 2.16. The fourth-order valence-corrected chi connectivity index (χ4v) is 1.98. The van der Waals surface area contributed by atoms with Crippen LogP contribution in [0.4, 0.5) is 5.82 Å². The third kappa shape index (κ3) is 2.68. The molecule has 0 bridgehead atoms. The van der Waals surface area contributed by atoms with E-state index < -0.39 is 5.97 Å². The molecule has 1 fully saturated rings. The summed E-state index contributed by atoms with van der Waals surface area (Å²) in [5.41, 5.74) is 0.0516. The average Bonchev–Trinajstić information content (AvgIpc) is 2.67.